The van der Waals surface area contributed by atoms with Crippen molar-refractivity contribution in [2.45, 2.75) is 51.4 Å². The van der Waals surface area contributed by atoms with Crippen molar-refractivity contribution in [2.24, 2.45) is 5.73 Å². The summed E-state index contributed by atoms with van der Waals surface area (Å²) < 4.78 is 10.8. The topological polar surface area (TPSA) is 73.6 Å². The number of ether oxygens (including phenoxy) is 2. The molecule has 1 amide bonds. The average molecular weight is 320 g/mol. The molecule has 3 N–H and O–H groups in total. The van der Waals surface area contributed by atoms with Crippen molar-refractivity contribution in [1.29, 1.82) is 0 Å². The first-order valence-electron chi connectivity index (χ1n) is 8.40. The third-order valence-corrected chi connectivity index (χ3v) is 4.24. The zero-order chi connectivity index (χ0) is 16.7. The van der Waals surface area contributed by atoms with Gasteiger partial charge < -0.3 is 20.5 Å². The maximum absolute atomic E-state index is 12.0. The summed E-state index contributed by atoms with van der Waals surface area (Å²) in [7, 11) is 0. The lowest BCUT2D eigenvalue weighted by molar-refractivity contribution is -0.121. The normalized spacial score (nSPS) is 13.2. The molecule has 0 unspecified atom stereocenters. The van der Waals surface area contributed by atoms with Crippen molar-refractivity contribution in [2.75, 3.05) is 19.9 Å². The van der Waals surface area contributed by atoms with Crippen molar-refractivity contribution < 1.29 is 14.3 Å². The number of rotatable bonds is 9. The Morgan fingerprint density at radius 2 is 1.91 bits per heavy atom. The molecular formula is C18H28N2O3. The molecule has 1 heterocycles. The van der Waals surface area contributed by atoms with E-state index in [1.165, 1.54) is 0 Å². The van der Waals surface area contributed by atoms with Gasteiger partial charge in [0.05, 0.1) is 0 Å². The summed E-state index contributed by atoms with van der Waals surface area (Å²) in [5.41, 5.74) is 6.43. The first kappa shape index (κ1) is 17.6. The van der Waals surface area contributed by atoms with Gasteiger partial charge in [0.2, 0.25) is 12.7 Å². The number of hydrogen-bond acceptors (Lipinski definition) is 4. The van der Waals surface area contributed by atoms with Crippen LogP contribution in [0.2, 0.25) is 0 Å². The van der Waals surface area contributed by atoms with E-state index in [1.807, 2.05) is 18.2 Å². The summed E-state index contributed by atoms with van der Waals surface area (Å²) in [5.74, 6) is 1.68. The number of carbonyl (C=O) groups is 1. The van der Waals surface area contributed by atoms with Gasteiger partial charge in [0, 0.05) is 18.4 Å². The summed E-state index contributed by atoms with van der Waals surface area (Å²) in [5, 5.41) is 3.04. The van der Waals surface area contributed by atoms with E-state index in [0.717, 1.165) is 49.3 Å². The molecule has 0 spiro atoms. The second kappa shape index (κ2) is 8.20. The molecule has 128 valence electrons. The molecule has 2 rings (SSSR count). The van der Waals surface area contributed by atoms with Crippen LogP contribution >= 0.6 is 0 Å². The zero-order valence-electron chi connectivity index (χ0n) is 14.2. The maximum Gasteiger partial charge on any atom is 0.231 e. The van der Waals surface area contributed by atoms with Crippen LogP contribution in [0.5, 0.6) is 11.5 Å². The largest absolute Gasteiger partial charge is 0.454 e. The predicted octanol–water partition coefficient (Wildman–Crippen LogP) is 2.72. The third-order valence-electron chi connectivity index (χ3n) is 4.24. The molecule has 1 aromatic carbocycles. The molecule has 0 saturated carbocycles. The lowest BCUT2D eigenvalue weighted by atomic mass is 9.84. The van der Waals surface area contributed by atoms with Gasteiger partial charge in [-0.05, 0) is 37.1 Å². The fourth-order valence-corrected chi connectivity index (χ4v) is 2.61. The molecule has 23 heavy (non-hydrogen) atoms. The summed E-state index contributed by atoms with van der Waals surface area (Å²) in [6.07, 6.45) is 4.72. The lowest BCUT2D eigenvalue weighted by Crippen LogP contribution is -2.36. The molecule has 1 aromatic rings. The van der Waals surface area contributed by atoms with Crippen LogP contribution in [0.1, 0.15) is 51.5 Å². The van der Waals surface area contributed by atoms with Gasteiger partial charge in [-0.2, -0.15) is 0 Å². The van der Waals surface area contributed by atoms with E-state index in [9.17, 15) is 4.79 Å². The molecule has 5 heteroatoms. The number of carbonyl (C=O) groups excluding carboxylic acids is 1. The first-order valence-corrected chi connectivity index (χ1v) is 8.40. The molecule has 0 aromatic heterocycles. The fraction of sp³-hybridized carbons (Fsp3) is 0.611. The summed E-state index contributed by atoms with van der Waals surface area (Å²) in [6.45, 7) is 5.85. The minimum Gasteiger partial charge on any atom is -0.454 e. The Morgan fingerprint density at radius 1 is 1.17 bits per heavy atom. The molecule has 0 radical (unpaired) electrons. The maximum atomic E-state index is 12.0. The van der Waals surface area contributed by atoms with Crippen LogP contribution in [0.15, 0.2) is 18.2 Å². The third kappa shape index (κ3) is 5.13. The molecule has 0 atom stereocenters. The van der Waals surface area contributed by atoms with Crippen LogP contribution in [0, 0.1) is 0 Å². The Bertz CT molecular complexity index is 529. The summed E-state index contributed by atoms with van der Waals surface area (Å²) in [6, 6.07) is 5.96. The smallest absolute Gasteiger partial charge is 0.231 e. The number of benzene rings is 1. The SMILES string of the molecule is CC(C)(CNC(=O)CCCCCCN)c1ccc2c(c1)OCO2. The fourth-order valence-electron chi connectivity index (χ4n) is 2.61. The Balaban J connectivity index is 1.78. The van der Waals surface area contributed by atoms with Crippen LogP contribution in [0.25, 0.3) is 0 Å². The van der Waals surface area contributed by atoms with Crippen molar-refractivity contribution in [3.8, 4) is 11.5 Å². The Kier molecular flexibility index (Phi) is 6.28. The number of nitrogens with one attached hydrogen (secondary N) is 1. The Hall–Kier alpha value is -1.75. The van der Waals surface area contributed by atoms with Crippen molar-refractivity contribution in [3.05, 3.63) is 23.8 Å². The van der Waals surface area contributed by atoms with Gasteiger partial charge in [-0.3, -0.25) is 4.79 Å². The van der Waals surface area contributed by atoms with Crippen LogP contribution in [-0.2, 0) is 10.2 Å². The standard InChI is InChI=1S/C18H28N2O3/c1-18(2,12-20-17(21)7-5-3-4-6-10-19)14-8-9-15-16(11-14)23-13-22-15/h8-9,11H,3-7,10,12-13,19H2,1-2H3,(H,20,21). The summed E-state index contributed by atoms with van der Waals surface area (Å²) >= 11 is 0. The van der Waals surface area contributed by atoms with Crippen LogP contribution in [0.4, 0.5) is 0 Å². The molecule has 1 aliphatic rings. The van der Waals surface area contributed by atoms with Gasteiger partial charge in [-0.25, -0.2) is 0 Å². The number of nitrogens with two attached hydrogens (primary N) is 1. The van der Waals surface area contributed by atoms with E-state index in [-0.39, 0.29) is 18.1 Å². The molecule has 0 aliphatic carbocycles. The highest BCUT2D eigenvalue weighted by Gasteiger charge is 2.24. The number of fused-ring (bicyclic) bond motifs is 1. The van der Waals surface area contributed by atoms with Gasteiger partial charge in [-0.1, -0.05) is 32.8 Å². The van der Waals surface area contributed by atoms with Crippen LogP contribution < -0.4 is 20.5 Å². The molecule has 5 nitrogen and oxygen atoms in total. The van der Waals surface area contributed by atoms with Crippen LogP contribution in [-0.4, -0.2) is 25.8 Å². The second-order valence-electron chi connectivity index (χ2n) is 6.68. The lowest BCUT2D eigenvalue weighted by Gasteiger charge is -2.26. The molecule has 0 bridgehead atoms. The highest BCUT2D eigenvalue weighted by atomic mass is 16.7. The minimum absolute atomic E-state index is 0.117. The number of hydrogen-bond donors (Lipinski definition) is 2. The number of unbranched alkanes of at least 4 members (excludes halogenated alkanes) is 3. The van der Waals surface area contributed by atoms with Crippen molar-refractivity contribution in [1.82, 2.24) is 5.32 Å². The summed E-state index contributed by atoms with van der Waals surface area (Å²) in [4.78, 5) is 12.0. The first-order chi connectivity index (χ1) is 11.0. The van der Waals surface area contributed by atoms with Crippen molar-refractivity contribution in [3.63, 3.8) is 0 Å². The minimum atomic E-state index is -0.157. The van der Waals surface area contributed by atoms with Crippen LogP contribution in [0.3, 0.4) is 0 Å². The van der Waals surface area contributed by atoms with E-state index in [1.54, 1.807) is 0 Å². The van der Waals surface area contributed by atoms with E-state index in [4.69, 9.17) is 15.2 Å². The van der Waals surface area contributed by atoms with Gasteiger partial charge in [0.25, 0.3) is 0 Å². The molecule has 0 fully saturated rings. The van der Waals surface area contributed by atoms with E-state index < -0.39 is 0 Å². The van der Waals surface area contributed by atoms with Gasteiger partial charge >= 0.3 is 0 Å². The second-order valence-corrected chi connectivity index (χ2v) is 6.68. The monoisotopic (exact) mass is 320 g/mol. The van der Waals surface area contributed by atoms with Gasteiger partial charge in [0.15, 0.2) is 11.5 Å². The van der Waals surface area contributed by atoms with Crippen molar-refractivity contribution >= 4 is 5.91 Å². The zero-order valence-corrected chi connectivity index (χ0v) is 14.2. The Morgan fingerprint density at radius 3 is 2.70 bits per heavy atom. The molecular weight excluding hydrogens is 292 g/mol. The predicted molar refractivity (Wildman–Crippen MR) is 90.7 cm³/mol. The van der Waals surface area contributed by atoms with Gasteiger partial charge in [-0.15, -0.1) is 0 Å². The van der Waals surface area contributed by atoms with E-state index >= 15 is 0 Å². The highest BCUT2D eigenvalue weighted by molar-refractivity contribution is 5.75. The average Bonchev–Trinajstić information content (AvgIpc) is 3.00. The van der Waals surface area contributed by atoms with E-state index in [0.29, 0.717) is 13.0 Å². The molecule has 0 saturated heterocycles. The quantitative estimate of drug-likeness (QED) is 0.686. The van der Waals surface area contributed by atoms with Gasteiger partial charge in [0.1, 0.15) is 0 Å². The highest BCUT2D eigenvalue weighted by Crippen LogP contribution is 2.36. The number of amides is 1. The Labute approximate surface area is 138 Å². The van der Waals surface area contributed by atoms with E-state index in [2.05, 4.69) is 19.2 Å². The molecule has 1 aliphatic heterocycles.